The second-order valence-electron chi connectivity index (χ2n) is 5.64. The number of nitrogens with one attached hydrogen (secondary N) is 1. The van der Waals surface area contributed by atoms with E-state index in [0.717, 1.165) is 0 Å². The molecular formula is C13H22F3NO. The van der Waals surface area contributed by atoms with Crippen LogP contribution in [0.2, 0.25) is 0 Å². The first-order valence-electron chi connectivity index (χ1n) is 6.90. The topological polar surface area (TPSA) is 21.3 Å². The SMILES string of the molecule is FC(F)(F)COCCNC1CCC12CCCCC2. The molecule has 0 saturated heterocycles. The molecular weight excluding hydrogens is 243 g/mol. The first-order valence-corrected chi connectivity index (χ1v) is 6.90. The quantitative estimate of drug-likeness (QED) is 0.770. The van der Waals surface area contributed by atoms with Gasteiger partial charge in [-0.2, -0.15) is 13.2 Å². The summed E-state index contributed by atoms with van der Waals surface area (Å²) < 4.78 is 40.2. The fourth-order valence-electron chi connectivity index (χ4n) is 3.36. The number of rotatable bonds is 5. The molecule has 1 atom stereocenters. The van der Waals surface area contributed by atoms with Crippen LogP contribution >= 0.6 is 0 Å². The predicted octanol–water partition coefficient (Wildman–Crippen LogP) is 3.27. The molecule has 0 radical (unpaired) electrons. The van der Waals surface area contributed by atoms with Gasteiger partial charge in [-0.05, 0) is 31.1 Å². The summed E-state index contributed by atoms with van der Waals surface area (Å²) in [5.41, 5.74) is 0.461. The van der Waals surface area contributed by atoms with Gasteiger partial charge in [-0.15, -0.1) is 0 Å². The number of ether oxygens (including phenoxy) is 1. The second kappa shape index (κ2) is 5.78. The Balaban J connectivity index is 1.59. The van der Waals surface area contributed by atoms with Gasteiger partial charge in [0, 0.05) is 12.6 Å². The van der Waals surface area contributed by atoms with Crippen molar-refractivity contribution in [3.8, 4) is 0 Å². The van der Waals surface area contributed by atoms with Crippen molar-refractivity contribution < 1.29 is 17.9 Å². The van der Waals surface area contributed by atoms with E-state index in [9.17, 15) is 13.2 Å². The Bertz CT molecular complexity index is 261. The summed E-state index contributed by atoms with van der Waals surface area (Å²) in [4.78, 5) is 0. The van der Waals surface area contributed by atoms with E-state index in [-0.39, 0.29) is 6.61 Å². The fraction of sp³-hybridized carbons (Fsp3) is 1.00. The van der Waals surface area contributed by atoms with Gasteiger partial charge in [-0.25, -0.2) is 0 Å². The smallest absolute Gasteiger partial charge is 0.371 e. The van der Waals surface area contributed by atoms with Gasteiger partial charge in [0.25, 0.3) is 0 Å². The monoisotopic (exact) mass is 265 g/mol. The summed E-state index contributed by atoms with van der Waals surface area (Å²) in [5.74, 6) is 0. The van der Waals surface area contributed by atoms with Gasteiger partial charge in [-0.3, -0.25) is 0 Å². The lowest BCUT2D eigenvalue weighted by molar-refractivity contribution is -0.173. The summed E-state index contributed by atoms with van der Waals surface area (Å²) in [6, 6.07) is 0.507. The molecule has 106 valence electrons. The molecule has 0 aromatic heterocycles. The number of alkyl halides is 3. The first-order chi connectivity index (χ1) is 8.52. The highest BCUT2D eigenvalue weighted by Crippen LogP contribution is 2.51. The molecule has 0 bridgehead atoms. The maximum atomic E-state index is 11.9. The summed E-state index contributed by atoms with van der Waals surface area (Å²) in [6.45, 7) is -0.459. The normalized spacial score (nSPS) is 27.2. The molecule has 1 N–H and O–H groups in total. The van der Waals surface area contributed by atoms with Crippen molar-refractivity contribution in [3.05, 3.63) is 0 Å². The first kappa shape index (κ1) is 14.1. The second-order valence-corrected chi connectivity index (χ2v) is 5.64. The van der Waals surface area contributed by atoms with Gasteiger partial charge in [0.15, 0.2) is 0 Å². The van der Waals surface area contributed by atoms with E-state index in [4.69, 9.17) is 0 Å². The van der Waals surface area contributed by atoms with Crippen LogP contribution in [0.25, 0.3) is 0 Å². The van der Waals surface area contributed by atoms with Crippen molar-refractivity contribution in [2.24, 2.45) is 5.41 Å². The van der Waals surface area contributed by atoms with Crippen LogP contribution in [-0.2, 0) is 4.74 Å². The van der Waals surface area contributed by atoms with Gasteiger partial charge in [0.2, 0.25) is 0 Å². The molecule has 0 aliphatic heterocycles. The average molecular weight is 265 g/mol. The Morgan fingerprint density at radius 2 is 1.83 bits per heavy atom. The van der Waals surface area contributed by atoms with Crippen LogP contribution in [0.15, 0.2) is 0 Å². The lowest BCUT2D eigenvalue weighted by Crippen LogP contribution is -2.54. The molecule has 0 aromatic rings. The van der Waals surface area contributed by atoms with Crippen molar-refractivity contribution in [3.63, 3.8) is 0 Å². The molecule has 2 aliphatic rings. The van der Waals surface area contributed by atoms with Gasteiger partial charge < -0.3 is 10.1 Å². The summed E-state index contributed by atoms with van der Waals surface area (Å²) in [6.07, 6.45) is 4.77. The number of halogens is 3. The molecule has 1 spiro atoms. The molecule has 2 rings (SSSR count). The van der Waals surface area contributed by atoms with Crippen LogP contribution in [0.4, 0.5) is 13.2 Å². The van der Waals surface area contributed by atoms with Crippen LogP contribution in [0.3, 0.4) is 0 Å². The van der Waals surface area contributed by atoms with Crippen molar-refractivity contribution >= 4 is 0 Å². The molecule has 0 amide bonds. The fourth-order valence-corrected chi connectivity index (χ4v) is 3.36. The number of hydrogen-bond donors (Lipinski definition) is 1. The van der Waals surface area contributed by atoms with Crippen molar-refractivity contribution in [1.82, 2.24) is 5.32 Å². The number of hydrogen-bond acceptors (Lipinski definition) is 2. The predicted molar refractivity (Wildman–Crippen MR) is 63.4 cm³/mol. The standard InChI is InChI=1S/C13H22F3NO/c14-13(15,16)10-18-9-8-17-11-4-7-12(11)5-2-1-3-6-12/h11,17H,1-10H2. The Labute approximate surface area is 106 Å². The summed E-state index contributed by atoms with van der Waals surface area (Å²) in [7, 11) is 0. The highest BCUT2D eigenvalue weighted by Gasteiger charge is 2.46. The third kappa shape index (κ3) is 3.60. The molecule has 1 unspecified atom stereocenters. The molecule has 2 nitrogen and oxygen atoms in total. The summed E-state index contributed by atoms with van der Waals surface area (Å²) in [5, 5.41) is 3.37. The van der Waals surface area contributed by atoms with Crippen LogP contribution in [-0.4, -0.2) is 32.0 Å². The lowest BCUT2D eigenvalue weighted by atomic mass is 9.57. The minimum absolute atomic E-state index is 0.145. The van der Waals surface area contributed by atoms with Crippen LogP contribution in [0.1, 0.15) is 44.9 Å². The highest BCUT2D eigenvalue weighted by atomic mass is 19.4. The van der Waals surface area contributed by atoms with Crippen LogP contribution in [0, 0.1) is 5.41 Å². The minimum atomic E-state index is -4.21. The molecule has 2 aliphatic carbocycles. The van der Waals surface area contributed by atoms with E-state index in [2.05, 4.69) is 10.1 Å². The zero-order valence-electron chi connectivity index (χ0n) is 10.7. The van der Waals surface area contributed by atoms with Crippen LogP contribution in [0.5, 0.6) is 0 Å². The van der Waals surface area contributed by atoms with E-state index in [1.807, 2.05) is 0 Å². The third-order valence-corrected chi connectivity index (χ3v) is 4.42. The van der Waals surface area contributed by atoms with Gasteiger partial charge in [0.1, 0.15) is 6.61 Å². The van der Waals surface area contributed by atoms with E-state index >= 15 is 0 Å². The zero-order valence-corrected chi connectivity index (χ0v) is 10.7. The van der Waals surface area contributed by atoms with Crippen molar-refractivity contribution in [2.45, 2.75) is 57.2 Å². The molecule has 2 saturated carbocycles. The van der Waals surface area contributed by atoms with Gasteiger partial charge in [-0.1, -0.05) is 19.3 Å². The summed E-state index contributed by atoms with van der Waals surface area (Å²) >= 11 is 0. The highest BCUT2D eigenvalue weighted by molar-refractivity contribution is 5.01. The maximum Gasteiger partial charge on any atom is 0.411 e. The Hall–Kier alpha value is -0.290. The molecule has 2 fully saturated rings. The Morgan fingerprint density at radius 3 is 2.39 bits per heavy atom. The third-order valence-electron chi connectivity index (χ3n) is 4.42. The van der Waals surface area contributed by atoms with Crippen molar-refractivity contribution in [2.75, 3.05) is 19.8 Å². The molecule has 0 heterocycles. The minimum Gasteiger partial charge on any atom is -0.371 e. The Kier molecular flexibility index (Phi) is 4.54. The zero-order chi connectivity index (χ0) is 13.1. The van der Waals surface area contributed by atoms with Crippen LogP contribution < -0.4 is 5.32 Å². The van der Waals surface area contributed by atoms with Gasteiger partial charge >= 0.3 is 6.18 Å². The largest absolute Gasteiger partial charge is 0.411 e. The van der Waals surface area contributed by atoms with E-state index in [0.29, 0.717) is 18.0 Å². The molecule has 5 heteroatoms. The van der Waals surface area contributed by atoms with Gasteiger partial charge in [0.05, 0.1) is 6.61 Å². The maximum absolute atomic E-state index is 11.9. The lowest BCUT2D eigenvalue weighted by Gasteiger charge is -2.52. The van der Waals surface area contributed by atoms with E-state index in [1.165, 1.54) is 44.9 Å². The molecule has 0 aromatic carbocycles. The van der Waals surface area contributed by atoms with E-state index < -0.39 is 12.8 Å². The molecule has 18 heavy (non-hydrogen) atoms. The van der Waals surface area contributed by atoms with Crippen molar-refractivity contribution in [1.29, 1.82) is 0 Å². The average Bonchev–Trinajstić information content (AvgIpc) is 2.32. The Morgan fingerprint density at radius 1 is 1.11 bits per heavy atom. The van der Waals surface area contributed by atoms with E-state index in [1.54, 1.807) is 0 Å².